The van der Waals surface area contributed by atoms with E-state index in [1.165, 1.54) is 0 Å². The van der Waals surface area contributed by atoms with E-state index >= 15 is 0 Å². The smallest absolute Gasteiger partial charge is 0.303 e. The van der Waals surface area contributed by atoms with Gasteiger partial charge in [0.2, 0.25) is 0 Å². The summed E-state index contributed by atoms with van der Waals surface area (Å²) in [6.45, 7) is 1.95. The molecule has 0 fully saturated rings. The van der Waals surface area contributed by atoms with Crippen molar-refractivity contribution in [3.05, 3.63) is 29.3 Å². The van der Waals surface area contributed by atoms with Gasteiger partial charge in [0.25, 0.3) is 0 Å². The Morgan fingerprint density at radius 2 is 2.21 bits per heavy atom. The van der Waals surface area contributed by atoms with E-state index < -0.39 is 5.97 Å². The maximum absolute atomic E-state index is 10.4. The minimum Gasteiger partial charge on any atom is -0.496 e. The molecule has 0 saturated carbocycles. The molecule has 1 N–H and O–H groups in total. The molecule has 1 rings (SSSR count). The first-order chi connectivity index (χ1) is 6.63. The highest BCUT2D eigenvalue weighted by Crippen LogP contribution is 2.19. The number of carbonyl (C=O) groups is 1. The van der Waals surface area contributed by atoms with Crippen LogP contribution in [0.2, 0.25) is 0 Å². The lowest BCUT2D eigenvalue weighted by Crippen LogP contribution is -1.98. The third-order valence-electron chi connectivity index (χ3n) is 2.09. The summed E-state index contributed by atoms with van der Waals surface area (Å²) in [7, 11) is 1.62. The molecular formula is C11H14O3. The fraction of sp³-hybridized carbons (Fsp3) is 0.364. The average Bonchev–Trinajstić information content (AvgIpc) is 2.15. The van der Waals surface area contributed by atoms with E-state index in [1.807, 2.05) is 25.1 Å². The van der Waals surface area contributed by atoms with Crippen molar-refractivity contribution in [1.29, 1.82) is 0 Å². The molecule has 0 aliphatic heterocycles. The number of ether oxygens (including phenoxy) is 1. The standard InChI is InChI=1S/C11H14O3/c1-8-7-9(4-6-11(12)13)3-5-10(8)14-2/h3,5,7H,4,6H2,1-2H3,(H,12,13). The summed E-state index contributed by atoms with van der Waals surface area (Å²) in [5.74, 6) is 0.0718. The van der Waals surface area contributed by atoms with E-state index in [1.54, 1.807) is 7.11 Å². The van der Waals surface area contributed by atoms with Crippen LogP contribution in [0.3, 0.4) is 0 Å². The lowest BCUT2D eigenvalue weighted by molar-refractivity contribution is -0.136. The maximum Gasteiger partial charge on any atom is 0.303 e. The van der Waals surface area contributed by atoms with Crippen LogP contribution in [0.4, 0.5) is 0 Å². The second-order valence-corrected chi connectivity index (χ2v) is 3.20. The second kappa shape index (κ2) is 4.65. The highest BCUT2D eigenvalue weighted by atomic mass is 16.5. The predicted molar refractivity (Wildman–Crippen MR) is 53.7 cm³/mol. The molecule has 1 aromatic carbocycles. The topological polar surface area (TPSA) is 46.5 Å². The summed E-state index contributed by atoms with van der Waals surface area (Å²) in [6, 6.07) is 5.73. The van der Waals surface area contributed by atoms with Crippen molar-refractivity contribution in [2.75, 3.05) is 7.11 Å². The Morgan fingerprint density at radius 1 is 1.50 bits per heavy atom. The first kappa shape index (κ1) is 10.6. The largest absolute Gasteiger partial charge is 0.496 e. The Labute approximate surface area is 83.3 Å². The van der Waals surface area contributed by atoms with Gasteiger partial charge >= 0.3 is 5.97 Å². The number of methoxy groups -OCH3 is 1. The van der Waals surface area contributed by atoms with Crippen LogP contribution in [0.15, 0.2) is 18.2 Å². The van der Waals surface area contributed by atoms with Crippen molar-refractivity contribution in [2.45, 2.75) is 19.8 Å². The average molecular weight is 194 g/mol. The molecule has 0 bridgehead atoms. The van der Waals surface area contributed by atoms with Crippen LogP contribution in [-0.4, -0.2) is 18.2 Å². The zero-order chi connectivity index (χ0) is 10.6. The van der Waals surface area contributed by atoms with Crippen LogP contribution in [0, 0.1) is 6.92 Å². The van der Waals surface area contributed by atoms with Crippen molar-refractivity contribution in [1.82, 2.24) is 0 Å². The number of hydrogen-bond acceptors (Lipinski definition) is 2. The van der Waals surface area contributed by atoms with Crippen LogP contribution in [0.1, 0.15) is 17.5 Å². The third kappa shape index (κ3) is 2.76. The van der Waals surface area contributed by atoms with Crippen LogP contribution >= 0.6 is 0 Å². The van der Waals surface area contributed by atoms with E-state index in [-0.39, 0.29) is 6.42 Å². The molecule has 0 atom stereocenters. The minimum atomic E-state index is -0.765. The molecule has 76 valence electrons. The van der Waals surface area contributed by atoms with Gasteiger partial charge in [0, 0.05) is 6.42 Å². The van der Waals surface area contributed by atoms with Crippen molar-refractivity contribution < 1.29 is 14.6 Å². The first-order valence-corrected chi connectivity index (χ1v) is 4.49. The predicted octanol–water partition coefficient (Wildman–Crippen LogP) is 2.02. The Hall–Kier alpha value is -1.51. The van der Waals surface area contributed by atoms with Gasteiger partial charge < -0.3 is 9.84 Å². The lowest BCUT2D eigenvalue weighted by Gasteiger charge is -2.06. The quantitative estimate of drug-likeness (QED) is 0.797. The van der Waals surface area contributed by atoms with Gasteiger partial charge in [-0.05, 0) is 30.5 Å². The summed E-state index contributed by atoms with van der Waals surface area (Å²) in [5.41, 5.74) is 2.07. The molecule has 0 unspecified atom stereocenters. The summed E-state index contributed by atoms with van der Waals surface area (Å²) in [5, 5.41) is 8.52. The maximum atomic E-state index is 10.4. The summed E-state index contributed by atoms with van der Waals surface area (Å²) >= 11 is 0. The van der Waals surface area contributed by atoms with Gasteiger partial charge in [-0.15, -0.1) is 0 Å². The molecular weight excluding hydrogens is 180 g/mol. The number of rotatable bonds is 4. The second-order valence-electron chi connectivity index (χ2n) is 3.20. The molecule has 0 heterocycles. The van der Waals surface area contributed by atoms with Gasteiger partial charge in [-0.1, -0.05) is 12.1 Å². The number of benzene rings is 1. The van der Waals surface area contributed by atoms with Crippen LogP contribution in [0.25, 0.3) is 0 Å². The molecule has 0 aliphatic rings. The Balaban J connectivity index is 2.71. The molecule has 0 radical (unpaired) electrons. The minimum absolute atomic E-state index is 0.172. The van der Waals surface area contributed by atoms with E-state index in [4.69, 9.17) is 9.84 Å². The molecule has 3 nitrogen and oxygen atoms in total. The Bertz CT molecular complexity index is 331. The van der Waals surface area contributed by atoms with Crippen LogP contribution in [0.5, 0.6) is 5.75 Å². The Morgan fingerprint density at radius 3 is 2.71 bits per heavy atom. The van der Waals surface area contributed by atoms with E-state index in [2.05, 4.69) is 0 Å². The summed E-state index contributed by atoms with van der Waals surface area (Å²) < 4.78 is 5.11. The van der Waals surface area contributed by atoms with Gasteiger partial charge in [0.1, 0.15) is 5.75 Å². The zero-order valence-electron chi connectivity index (χ0n) is 8.41. The van der Waals surface area contributed by atoms with Crippen molar-refractivity contribution in [3.63, 3.8) is 0 Å². The SMILES string of the molecule is COc1ccc(CCC(=O)O)cc1C. The van der Waals surface area contributed by atoms with Crippen LogP contribution in [-0.2, 0) is 11.2 Å². The Kier molecular flexibility index (Phi) is 3.51. The monoisotopic (exact) mass is 194 g/mol. The van der Waals surface area contributed by atoms with E-state index in [0.29, 0.717) is 6.42 Å². The summed E-state index contributed by atoms with van der Waals surface area (Å²) in [4.78, 5) is 10.4. The summed E-state index contributed by atoms with van der Waals surface area (Å²) in [6.07, 6.45) is 0.742. The number of hydrogen-bond donors (Lipinski definition) is 1. The number of aryl methyl sites for hydroxylation is 2. The van der Waals surface area contributed by atoms with Gasteiger partial charge in [-0.2, -0.15) is 0 Å². The van der Waals surface area contributed by atoms with Gasteiger partial charge in [-0.3, -0.25) is 4.79 Å². The van der Waals surface area contributed by atoms with Crippen molar-refractivity contribution in [2.24, 2.45) is 0 Å². The van der Waals surface area contributed by atoms with Crippen LogP contribution < -0.4 is 4.74 Å². The molecule has 0 amide bonds. The fourth-order valence-corrected chi connectivity index (χ4v) is 1.35. The number of carboxylic acids is 1. The van der Waals surface area contributed by atoms with Crippen molar-refractivity contribution in [3.8, 4) is 5.75 Å². The van der Waals surface area contributed by atoms with E-state index in [9.17, 15) is 4.79 Å². The van der Waals surface area contributed by atoms with Gasteiger partial charge in [0.15, 0.2) is 0 Å². The first-order valence-electron chi connectivity index (χ1n) is 4.49. The number of carboxylic acid groups (broad SMARTS) is 1. The van der Waals surface area contributed by atoms with Gasteiger partial charge in [0.05, 0.1) is 7.11 Å². The molecule has 0 aliphatic carbocycles. The molecule has 0 saturated heterocycles. The lowest BCUT2D eigenvalue weighted by atomic mass is 10.1. The normalized spacial score (nSPS) is 9.86. The molecule has 14 heavy (non-hydrogen) atoms. The third-order valence-corrected chi connectivity index (χ3v) is 2.09. The molecule has 1 aromatic rings. The van der Waals surface area contributed by atoms with E-state index in [0.717, 1.165) is 16.9 Å². The highest BCUT2D eigenvalue weighted by molar-refractivity contribution is 5.67. The molecule has 0 aromatic heterocycles. The highest BCUT2D eigenvalue weighted by Gasteiger charge is 2.02. The zero-order valence-corrected chi connectivity index (χ0v) is 8.41. The van der Waals surface area contributed by atoms with Crippen molar-refractivity contribution >= 4 is 5.97 Å². The fourth-order valence-electron chi connectivity index (χ4n) is 1.35. The molecule has 0 spiro atoms. The number of aliphatic carboxylic acids is 1. The molecule has 3 heteroatoms. The van der Waals surface area contributed by atoms with Gasteiger partial charge in [-0.25, -0.2) is 0 Å².